The number of nitrogens with zero attached hydrogens (tertiary/aromatic N) is 3. The molecule has 0 bridgehead atoms. The number of nitro benzene ring substituents is 1. The van der Waals surface area contributed by atoms with Crippen LogP contribution in [-0.4, -0.2) is 27.2 Å². The molecule has 8 nitrogen and oxygen atoms in total. The van der Waals surface area contributed by atoms with Gasteiger partial charge >= 0.3 is 5.69 Å². The van der Waals surface area contributed by atoms with Crippen LogP contribution in [0.15, 0.2) is 54.9 Å². The molecular weight excluding hydrogens is 408 g/mol. The first-order chi connectivity index (χ1) is 14.4. The minimum Gasteiger partial charge on any atom is -0.482 e. The lowest BCUT2D eigenvalue weighted by molar-refractivity contribution is -0.386. The molecule has 0 unspecified atom stereocenters. The van der Waals surface area contributed by atoms with Gasteiger partial charge in [0.1, 0.15) is 6.61 Å². The Bertz CT molecular complexity index is 1050. The third-order valence-corrected chi connectivity index (χ3v) is 4.54. The van der Waals surface area contributed by atoms with E-state index < -0.39 is 4.92 Å². The number of ether oxygens (including phenoxy) is 1. The van der Waals surface area contributed by atoms with Gasteiger partial charge in [-0.2, -0.15) is 5.10 Å². The van der Waals surface area contributed by atoms with E-state index in [1.165, 1.54) is 6.07 Å². The van der Waals surface area contributed by atoms with Crippen molar-refractivity contribution in [3.8, 4) is 5.75 Å². The van der Waals surface area contributed by atoms with Gasteiger partial charge in [0.15, 0.2) is 5.75 Å². The van der Waals surface area contributed by atoms with Gasteiger partial charge in [-0.05, 0) is 42.7 Å². The highest BCUT2D eigenvalue weighted by Gasteiger charge is 2.15. The molecule has 156 valence electrons. The summed E-state index contributed by atoms with van der Waals surface area (Å²) < 4.78 is 7.35. The molecule has 0 atom stereocenters. The van der Waals surface area contributed by atoms with Gasteiger partial charge in [-0.1, -0.05) is 29.8 Å². The number of nitro groups is 1. The van der Waals surface area contributed by atoms with Gasteiger partial charge in [0.2, 0.25) is 0 Å². The fraction of sp³-hybridized carbons (Fsp3) is 0.238. The van der Waals surface area contributed by atoms with E-state index in [1.54, 1.807) is 60.4 Å². The molecule has 0 fully saturated rings. The molecule has 30 heavy (non-hydrogen) atoms. The zero-order valence-corrected chi connectivity index (χ0v) is 17.1. The lowest BCUT2D eigenvalue weighted by Gasteiger charge is -2.09. The molecule has 0 spiro atoms. The summed E-state index contributed by atoms with van der Waals surface area (Å²) in [6.45, 7) is 3.04. The third-order valence-electron chi connectivity index (χ3n) is 4.35. The molecule has 2 aromatic carbocycles. The molecule has 0 saturated heterocycles. The highest BCUT2D eigenvalue weighted by Crippen LogP contribution is 2.28. The molecule has 1 N–H and O–H groups in total. The predicted molar refractivity (Wildman–Crippen MR) is 113 cm³/mol. The normalized spacial score (nSPS) is 10.6. The van der Waals surface area contributed by atoms with E-state index in [2.05, 4.69) is 10.4 Å². The largest absolute Gasteiger partial charge is 0.482 e. The van der Waals surface area contributed by atoms with E-state index in [4.69, 9.17) is 16.3 Å². The molecule has 0 aliphatic rings. The van der Waals surface area contributed by atoms with Gasteiger partial charge in [0.25, 0.3) is 5.91 Å². The standard InChI is InChI=1S/C21H21ClN4O4/c1-15-6-7-20(19(10-15)26(28)29)30-14-16-4-2-5-17(11-16)21(27)23-8-3-9-25-13-18(22)12-24-25/h2,4-7,10-13H,3,8-9,14H2,1H3,(H,23,27). The Balaban J connectivity index is 1.54. The number of nitrogens with one attached hydrogen (secondary N) is 1. The van der Waals surface area contributed by atoms with Crippen LogP contribution in [0.2, 0.25) is 5.02 Å². The molecule has 1 heterocycles. The van der Waals surface area contributed by atoms with E-state index in [1.807, 2.05) is 0 Å². The Hall–Kier alpha value is -3.39. The first-order valence-corrected chi connectivity index (χ1v) is 9.73. The summed E-state index contributed by atoms with van der Waals surface area (Å²) in [5, 5.41) is 18.7. The Morgan fingerprint density at radius 1 is 1.30 bits per heavy atom. The van der Waals surface area contributed by atoms with Crippen molar-refractivity contribution in [1.82, 2.24) is 15.1 Å². The molecular formula is C21H21ClN4O4. The maximum absolute atomic E-state index is 12.4. The Kier molecular flexibility index (Phi) is 7.03. The Morgan fingerprint density at radius 2 is 2.13 bits per heavy atom. The lowest BCUT2D eigenvalue weighted by atomic mass is 10.1. The van der Waals surface area contributed by atoms with Crippen LogP contribution < -0.4 is 10.1 Å². The van der Waals surface area contributed by atoms with Crippen LogP contribution in [0, 0.1) is 17.0 Å². The average Bonchev–Trinajstić information content (AvgIpc) is 3.15. The van der Waals surface area contributed by atoms with Crippen LogP contribution in [0.5, 0.6) is 5.75 Å². The van der Waals surface area contributed by atoms with Gasteiger partial charge < -0.3 is 10.1 Å². The topological polar surface area (TPSA) is 99.3 Å². The summed E-state index contributed by atoms with van der Waals surface area (Å²) in [6.07, 6.45) is 4.01. The fourth-order valence-electron chi connectivity index (χ4n) is 2.86. The number of aryl methyl sites for hydroxylation is 2. The maximum Gasteiger partial charge on any atom is 0.311 e. The highest BCUT2D eigenvalue weighted by atomic mass is 35.5. The van der Waals surface area contributed by atoms with Crippen molar-refractivity contribution < 1.29 is 14.5 Å². The molecule has 0 radical (unpaired) electrons. The SMILES string of the molecule is Cc1ccc(OCc2cccc(C(=O)NCCCn3cc(Cl)cn3)c2)c([N+](=O)[O-])c1. The summed E-state index contributed by atoms with van der Waals surface area (Å²) in [4.78, 5) is 23.1. The van der Waals surface area contributed by atoms with Gasteiger partial charge in [0.05, 0.1) is 16.1 Å². The number of amides is 1. The zero-order chi connectivity index (χ0) is 21.5. The molecule has 0 aliphatic carbocycles. The lowest BCUT2D eigenvalue weighted by Crippen LogP contribution is -2.25. The Labute approximate surface area is 178 Å². The van der Waals surface area contributed by atoms with Crippen molar-refractivity contribution in [2.24, 2.45) is 0 Å². The van der Waals surface area contributed by atoms with Crippen LogP contribution in [0.1, 0.15) is 27.9 Å². The summed E-state index contributed by atoms with van der Waals surface area (Å²) in [5.74, 6) is -0.00385. The molecule has 1 aromatic heterocycles. The monoisotopic (exact) mass is 428 g/mol. The minimum absolute atomic E-state index is 0.0811. The van der Waals surface area contributed by atoms with Crippen molar-refractivity contribution in [3.63, 3.8) is 0 Å². The van der Waals surface area contributed by atoms with Crippen molar-refractivity contribution >= 4 is 23.2 Å². The summed E-state index contributed by atoms with van der Waals surface area (Å²) >= 11 is 5.82. The fourth-order valence-corrected chi connectivity index (χ4v) is 3.02. The number of hydrogen-bond donors (Lipinski definition) is 1. The molecule has 3 aromatic rings. The third kappa shape index (κ3) is 5.81. The molecule has 3 rings (SSSR count). The smallest absolute Gasteiger partial charge is 0.311 e. The van der Waals surface area contributed by atoms with Gasteiger partial charge in [-0.3, -0.25) is 19.6 Å². The van der Waals surface area contributed by atoms with Crippen LogP contribution in [0.3, 0.4) is 0 Å². The van der Waals surface area contributed by atoms with Crippen LogP contribution in [0.4, 0.5) is 5.69 Å². The van der Waals surface area contributed by atoms with Gasteiger partial charge in [-0.25, -0.2) is 0 Å². The average molecular weight is 429 g/mol. The second-order valence-electron chi connectivity index (χ2n) is 6.75. The van der Waals surface area contributed by atoms with E-state index >= 15 is 0 Å². The van der Waals surface area contributed by atoms with Crippen LogP contribution in [0.25, 0.3) is 0 Å². The van der Waals surface area contributed by atoms with E-state index in [0.717, 1.165) is 11.1 Å². The summed E-state index contributed by atoms with van der Waals surface area (Å²) in [7, 11) is 0. The highest BCUT2D eigenvalue weighted by molar-refractivity contribution is 6.30. The Morgan fingerprint density at radius 3 is 2.87 bits per heavy atom. The minimum atomic E-state index is -0.469. The van der Waals surface area contributed by atoms with Crippen molar-refractivity contribution in [1.29, 1.82) is 0 Å². The van der Waals surface area contributed by atoms with E-state index in [-0.39, 0.29) is 24.0 Å². The molecule has 0 aliphatic heterocycles. The quantitative estimate of drug-likeness (QED) is 0.313. The number of hydrogen-bond acceptors (Lipinski definition) is 5. The van der Waals surface area contributed by atoms with Crippen molar-refractivity contribution in [2.45, 2.75) is 26.5 Å². The number of carbonyl (C=O) groups excluding carboxylic acids is 1. The van der Waals surface area contributed by atoms with E-state index in [0.29, 0.717) is 30.1 Å². The van der Waals surface area contributed by atoms with Crippen LogP contribution in [-0.2, 0) is 13.2 Å². The number of rotatable bonds is 9. The first-order valence-electron chi connectivity index (χ1n) is 9.35. The van der Waals surface area contributed by atoms with Gasteiger partial charge in [0, 0.05) is 30.9 Å². The van der Waals surface area contributed by atoms with E-state index in [9.17, 15) is 14.9 Å². The van der Waals surface area contributed by atoms with Gasteiger partial charge in [-0.15, -0.1) is 0 Å². The number of aromatic nitrogens is 2. The zero-order valence-electron chi connectivity index (χ0n) is 16.4. The maximum atomic E-state index is 12.4. The number of carbonyl (C=O) groups is 1. The first kappa shape index (κ1) is 21.3. The molecule has 0 saturated carbocycles. The number of benzene rings is 2. The number of halogens is 1. The second kappa shape index (κ2) is 9.89. The molecule has 1 amide bonds. The second-order valence-corrected chi connectivity index (χ2v) is 7.18. The van der Waals surface area contributed by atoms with Crippen molar-refractivity contribution in [2.75, 3.05) is 6.54 Å². The predicted octanol–water partition coefficient (Wildman–Crippen LogP) is 4.15. The summed E-state index contributed by atoms with van der Waals surface area (Å²) in [6, 6.07) is 11.8. The summed E-state index contributed by atoms with van der Waals surface area (Å²) in [5.41, 5.74) is 1.94. The van der Waals surface area contributed by atoms with Crippen molar-refractivity contribution in [3.05, 3.63) is 86.7 Å². The molecule has 9 heteroatoms. The van der Waals surface area contributed by atoms with Crippen LogP contribution >= 0.6 is 11.6 Å².